The zero-order valence-corrected chi connectivity index (χ0v) is 12.9. The van der Waals surface area contributed by atoms with Gasteiger partial charge >= 0.3 is 0 Å². The number of amides is 2. The maximum atomic E-state index is 12.3. The van der Waals surface area contributed by atoms with Gasteiger partial charge in [-0.3, -0.25) is 9.59 Å². The standard InChI is InChI=1S/C16H18N2O2S/c1-12(17-15(19)13-7-4-3-5-8-13)16(20)18(2)11-14-9-6-10-21-14/h3-10,12H,11H2,1-2H3,(H,17,19). The summed E-state index contributed by atoms with van der Waals surface area (Å²) in [6.45, 7) is 2.26. The van der Waals surface area contributed by atoms with Crippen molar-refractivity contribution >= 4 is 23.2 Å². The predicted octanol–water partition coefficient (Wildman–Crippen LogP) is 2.53. The van der Waals surface area contributed by atoms with Crippen LogP contribution in [0.5, 0.6) is 0 Å². The molecule has 0 saturated heterocycles. The highest BCUT2D eigenvalue weighted by Gasteiger charge is 2.20. The molecule has 0 aliphatic rings. The Labute approximate surface area is 128 Å². The molecule has 21 heavy (non-hydrogen) atoms. The van der Waals surface area contributed by atoms with E-state index in [2.05, 4.69) is 5.32 Å². The van der Waals surface area contributed by atoms with E-state index in [0.29, 0.717) is 12.1 Å². The Hall–Kier alpha value is -2.14. The summed E-state index contributed by atoms with van der Waals surface area (Å²) in [6, 6.07) is 12.3. The van der Waals surface area contributed by atoms with E-state index in [4.69, 9.17) is 0 Å². The number of likely N-dealkylation sites (N-methyl/N-ethyl adjacent to an activating group) is 1. The van der Waals surface area contributed by atoms with Crippen molar-refractivity contribution in [1.29, 1.82) is 0 Å². The third-order valence-corrected chi connectivity index (χ3v) is 3.96. The van der Waals surface area contributed by atoms with Gasteiger partial charge in [-0.15, -0.1) is 11.3 Å². The van der Waals surface area contributed by atoms with Crippen LogP contribution in [0.1, 0.15) is 22.2 Å². The van der Waals surface area contributed by atoms with Gasteiger partial charge in [-0.05, 0) is 30.5 Å². The van der Waals surface area contributed by atoms with Crippen LogP contribution in [0.15, 0.2) is 47.8 Å². The Morgan fingerprint density at radius 3 is 2.52 bits per heavy atom. The smallest absolute Gasteiger partial charge is 0.251 e. The maximum Gasteiger partial charge on any atom is 0.251 e. The molecule has 0 radical (unpaired) electrons. The first-order valence-electron chi connectivity index (χ1n) is 6.71. The summed E-state index contributed by atoms with van der Waals surface area (Å²) in [5.74, 6) is -0.339. The van der Waals surface area contributed by atoms with E-state index in [1.165, 1.54) is 0 Å². The number of hydrogen-bond acceptors (Lipinski definition) is 3. The molecule has 2 aromatic rings. The fourth-order valence-electron chi connectivity index (χ4n) is 1.98. The number of rotatable bonds is 5. The second-order valence-corrected chi connectivity index (χ2v) is 5.87. The fourth-order valence-corrected chi connectivity index (χ4v) is 2.73. The lowest BCUT2D eigenvalue weighted by molar-refractivity contribution is -0.132. The molecule has 1 atom stereocenters. The number of nitrogens with one attached hydrogen (secondary N) is 1. The van der Waals surface area contributed by atoms with Crippen molar-refractivity contribution in [3.63, 3.8) is 0 Å². The van der Waals surface area contributed by atoms with Gasteiger partial charge in [-0.25, -0.2) is 0 Å². The molecule has 0 bridgehead atoms. The summed E-state index contributed by atoms with van der Waals surface area (Å²) in [6.07, 6.45) is 0. The van der Waals surface area contributed by atoms with E-state index in [1.54, 1.807) is 54.5 Å². The molecule has 1 N–H and O–H groups in total. The highest BCUT2D eigenvalue weighted by Crippen LogP contribution is 2.11. The highest BCUT2D eigenvalue weighted by atomic mass is 32.1. The number of nitrogens with zero attached hydrogens (tertiary/aromatic N) is 1. The Bertz CT molecular complexity index is 596. The van der Waals surface area contributed by atoms with Gasteiger partial charge in [0.05, 0.1) is 6.54 Å². The van der Waals surface area contributed by atoms with Crippen molar-refractivity contribution in [2.75, 3.05) is 7.05 Å². The van der Waals surface area contributed by atoms with Gasteiger partial charge in [0.25, 0.3) is 5.91 Å². The Kier molecular flexibility index (Phi) is 5.11. The molecule has 5 heteroatoms. The van der Waals surface area contributed by atoms with Crippen LogP contribution in [0, 0.1) is 0 Å². The first-order valence-corrected chi connectivity index (χ1v) is 7.59. The van der Waals surface area contributed by atoms with Gasteiger partial charge in [0.2, 0.25) is 5.91 Å². The Balaban J connectivity index is 1.91. The van der Waals surface area contributed by atoms with Gasteiger partial charge in [0.1, 0.15) is 6.04 Å². The van der Waals surface area contributed by atoms with Crippen molar-refractivity contribution in [2.24, 2.45) is 0 Å². The summed E-state index contributed by atoms with van der Waals surface area (Å²) < 4.78 is 0. The third-order valence-electron chi connectivity index (χ3n) is 3.10. The molecule has 0 fully saturated rings. The first kappa shape index (κ1) is 15.3. The van der Waals surface area contributed by atoms with Gasteiger partial charge in [0.15, 0.2) is 0 Å². The first-order chi connectivity index (χ1) is 10.1. The van der Waals surface area contributed by atoms with E-state index in [9.17, 15) is 9.59 Å². The van der Waals surface area contributed by atoms with Crippen LogP contribution >= 0.6 is 11.3 Å². The molecule has 1 heterocycles. The summed E-state index contributed by atoms with van der Waals surface area (Å²) >= 11 is 1.61. The maximum absolute atomic E-state index is 12.3. The highest BCUT2D eigenvalue weighted by molar-refractivity contribution is 7.09. The van der Waals surface area contributed by atoms with Crippen LogP contribution in [0.4, 0.5) is 0 Å². The number of hydrogen-bond donors (Lipinski definition) is 1. The lowest BCUT2D eigenvalue weighted by Gasteiger charge is -2.21. The fraction of sp³-hybridized carbons (Fsp3) is 0.250. The number of thiophene rings is 1. The zero-order valence-electron chi connectivity index (χ0n) is 12.1. The zero-order chi connectivity index (χ0) is 15.2. The van der Waals surface area contributed by atoms with E-state index in [-0.39, 0.29) is 11.8 Å². The largest absolute Gasteiger partial charge is 0.341 e. The summed E-state index contributed by atoms with van der Waals surface area (Å²) in [4.78, 5) is 27.0. The summed E-state index contributed by atoms with van der Waals surface area (Å²) in [5.41, 5.74) is 0.554. The normalized spacial score (nSPS) is 11.7. The minimum atomic E-state index is -0.553. The SMILES string of the molecule is CC(NC(=O)c1ccccc1)C(=O)N(C)Cc1cccs1. The van der Waals surface area contributed by atoms with Crippen LogP contribution in [-0.2, 0) is 11.3 Å². The van der Waals surface area contributed by atoms with E-state index in [0.717, 1.165) is 4.88 Å². The monoisotopic (exact) mass is 302 g/mol. The van der Waals surface area contributed by atoms with Crippen LogP contribution in [-0.4, -0.2) is 29.8 Å². The quantitative estimate of drug-likeness (QED) is 0.922. The average molecular weight is 302 g/mol. The summed E-state index contributed by atoms with van der Waals surface area (Å²) in [5, 5.41) is 4.71. The minimum Gasteiger partial charge on any atom is -0.341 e. The van der Waals surface area contributed by atoms with Crippen molar-refractivity contribution in [1.82, 2.24) is 10.2 Å². The molecule has 2 rings (SSSR count). The summed E-state index contributed by atoms with van der Waals surface area (Å²) in [7, 11) is 1.74. The molecular formula is C16H18N2O2S. The van der Waals surface area contributed by atoms with E-state index < -0.39 is 6.04 Å². The molecule has 0 aliphatic heterocycles. The van der Waals surface area contributed by atoms with Crippen molar-refractivity contribution in [2.45, 2.75) is 19.5 Å². The molecule has 4 nitrogen and oxygen atoms in total. The minimum absolute atomic E-state index is 0.104. The predicted molar refractivity (Wildman–Crippen MR) is 84.2 cm³/mol. The molecule has 110 valence electrons. The van der Waals surface area contributed by atoms with Gasteiger partial charge in [-0.2, -0.15) is 0 Å². The molecule has 0 saturated carbocycles. The van der Waals surface area contributed by atoms with Crippen molar-refractivity contribution in [3.8, 4) is 0 Å². The molecular weight excluding hydrogens is 284 g/mol. The molecule has 0 spiro atoms. The van der Waals surface area contributed by atoms with Gasteiger partial charge in [0, 0.05) is 17.5 Å². The number of carbonyl (C=O) groups excluding carboxylic acids is 2. The van der Waals surface area contributed by atoms with Crippen LogP contribution in [0.2, 0.25) is 0 Å². The van der Waals surface area contributed by atoms with E-state index in [1.807, 2.05) is 23.6 Å². The number of benzene rings is 1. The molecule has 1 unspecified atom stereocenters. The van der Waals surface area contributed by atoms with Gasteiger partial charge < -0.3 is 10.2 Å². The lowest BCUT2D eigenvalue weighted by atomic mass is 10.2. The van der Waals surface area contributed by atoms with Gasteiger partial charge in [-0.1, -0.05) is 24.3 Å². The van der Waals surface area contributed by atoms with Crippen LogP contribution < -0.4 is 5.32 Å². The molecule has 1 aromatic heterocycles. The van der Waals surface area contributed by atoms with Crippen LogP contribution in [0.3, 0.4) is 0 Å². The lowest BCUT2D eigenvalue weighted by Crippen LogP contribution is -2.45. The Morgan fingerprint density at radius 2 is 1.90 bits per heavy atom. The second-order valence-electron chi connectivity index (χ2n) is 4.83. The Morgan fingerprint density at radius 1 is 1.19 bits per heavy atom. The topological polar surface area (TPSA) is 49.4 Å². The number of carbonyl (C=O) groups is 2. The molecule has 1 aromatic carbocycles. The van der Waals surface area contributed by atoms with Crippen molar-refractivity contribution in [3.05, 3.63) is 58.3 Å². The third kappa shape index (κ3) is 4.16. The van der Waals surface area contributed by atoms with E-state index >= 15 is 0 Å². The second kappa shape index (κ2) is 7.04. The molecule has 0 aliphatic carbocycles. The van der Waals surface area contributed by atoms with Crippen molar-refractivity contribution < 1.29 is 9.59 Å². The average Bonchev–Trinajstić information content (AvgIpc) is 3.00. The molecule has 2 amide bonds. The van der Waals surface area contributed by atoms with Crippen LogP contribution in [0.25, 0.3) is 0 Å².